The van der Waals surface area contributed by atoms with Crippen molar-refractivity contribution >= 4 is 5.69 Å². The third kappa shape index (κ3) is 2.67. The molecule has 0 aromatic heterocycles. The Labute approximate surface area is 120 Å². The van der Waals surface area contributed by atoms with E-state index in [2.05, 4.69) is 17.1 Å². The van der Waals surface area contributed by atoms with E-state index in [1.807, 2.05) is 6.07 Å². The van der Waals surface area contributed by atoms with Crippen LogP contribution in [0.3, 0.4) is 0 Å². The van der Waals surface area contributed by atoms with Crippen LogP contribution >= 0.6 is 0 Å². The number of benzene rings is 1. The molecule has 1 unspecified atom stereocenters. The first-order chi connectivity index (χ1) is 9.72. The second-order valence-corrected chi connectivity index (χ2v) is 6.03. The summed E-state index contributed by atoms with van der Waals surface area (Å²) < 4.78 is 19.1. The van der Waals surface area contributed by atoms with Crippen molar-refractivity contribution < 1.29 is 9.13 Å². The van der Waals surface area contributed by atoms with Crippen LogP contribution in [0.4, 0.5) is 10.1 Å². The van der Waals surface area contributed by atoms with Crippen LogP contribution in [0.15, 0.2) is 18.2 Å². The molecule has 3 rings (SSSR count). The topological polar surface area (TPSA) is 24.5 Å². The number of halogens is 1. The largest absolute Gasteiger partial charge is 0.381 e. The zero-order chi connectivity index (χ0) is 14.0. The fourth-order valence-electron chi connectivity index (χ4n) is 3.35. The average Bonchev–Trinajstić information content (AvgIpc) is 3.06. The molecule has 1 aromatic rings. The number of hydrogen-bond acceptors (Lipinski definition) is 3. The Morgan fingerprint density at radius 3 is 3.10 bits per heavy atom. The minimum absolute atomic E-state index is 0.140. The van der Waals surface area contributed by atoms with Gasteiger partial charge in [0.1, 0.15) is 5.82 Å². The van der Waals surface area contributed by atoms with Crippen molar-refractivity contribution in [1.29, 1.82) is 0 Å². The van der Waals surface area contributed by atoms with E-state index in [9.17, 15) is 4.39 Å². The Hall–Kier alpha value is -1.13. The van der Waals surface area contributed by atoms with Crippen molar-refractivity contribution in [3.8, 4) is 0 Å². The van der Waals surface area contributed by atoms with Gasteiger partial charge in [-0.1, -0.05) is 13.0 Å². The second-order valence-electron chi connectivity index (χ2n) is 6.03. The van der Waals surface area contributed by atoms with Crippen LogP contribution in [0.1, 0.15) is 18.9 Å². The number of rotatable bonds is 5. The first-order valence-electron chi connectivity index (χ1n) is 7.54. The van der Waals surface area contributed by atoms with Crippen molar-refractivity contribution in [1.82, 2.24) is 5.32 Å². The van der Waals surface area contributed by atoms with E-state index in [0.717, 1.165) is 57.9 Å². The third-order valence-electron chi connectivity index (χ3n) is 4.50. The summed E-state index contributed by atoms with van der Waals surface area (Å²) in [5.41, 5.74) is 2.51. The molecular formula is C16H23FN2O. The smallest absolute Gasteiger partial charge is 0.125 e. The quantitative estimate of drug-likeness (QED) is 0.893. The number of fused-ring (bicyclic) bond motifs is 1. The Morgan fingerprint density at radius 1 is 1.45 bits per heavy atom. The molecule has 3 nitrogen and oxygen atoms in total. The molecule has 2 aliphatic heterocycles. The summed E-state index contributed by atoms with van der Waals surface area (Å²) in [6, 6.07) is 5.17. The predicted octanol–water partition coefficient (Wildman–Crippen LogP) is 2.20. The Bertz CT molecular complexity index is 472. The van der Waals surface area contributed by atoms with Gasteiger partial charge in [0.25, 0.3) is 0 Å². The number of anilines is 1. The van der Waals surface area contributed by atoms with E-state index in [4.69, 9.17) is 4.74 Å². The van der Waals surface area contributed by atoms with Crippen LogP contribution in [0.5, 0.6) is 0 Å². The molecule has 0 bridgehead atoms. The lowest BCUT2D eigenvalue weighted by Crippen LogP contribution is -2.44. The van der Waals surface area contributed by atoms with E-state index < -0.39 is 0 Å². The summed E-state index contributed by atoms with van der Waals surface area (Å²) in [5.74, 6) is -0.140. The van der Waals surface area contributed by atoms with Crippen molar-refractivity contribution in [2.45, 2.75) is 19.8 Å². The van der Waals surface area contributed by atoms with Gasteiger partial charge in [-0.3, -0.25) is 0 Å². The van der Waals surface area contributed by atoms with Gasteiger partial charge in [0.2, 0.25) is 0 Å². The van der Waals surface area contributed by atoms with Crippen molar-refractivity contribution in [3.05, 3.63) is 29.6 Å². The van der Waals surface area contributed by atoms with E-state index in [-0.39, 0.29) is 11.2 Å². The monoisotopic (exact) mass is 278 g/mol. The maximum atomic E-state index is 13.5. The summed E-state index contributed by atoms with van der Waals surface area (Å²) in [7, 11) is 0. The molecule has 1 N–H and O–H groups in total. The lowest BCUT2D eigenvalue weighted by atomic mass is 9.86. The fourth-order valence-corrected chi connectivity index (χ4v) is 3.35. The average molecular weight is 278 g/mol. The van der Waals surface area contributed by atoms with E-state index in [1.165, 1.54) is 5.56 Å². The highest BCUT2D eigenvalue weighted by molar-refractivity contribution is 5.58. The number of nitrogens with zero attached hydrogens (tertiary/aromatic N) is 1. The van der Waals surface area contributed by atoms with E-state index >= 15 is 0 Å². The first kappa shape index (κ1) is 13.8. The zero-order valence-corrected chi connectivity index (χ0v) is 12.1. The summed E-state index contributed by atoms with van der Waals surface area (Å²) in [5, 5.41) is 3.46. The number of hydrogen-bond donors (Lipinski definition) is 1. The van der Waals surface area contributed by atoms with Gasteiger partial charge in [-0.05, 0) is 37.1 Å². The van der Waals surface area contributed by atoms with Gasteiger partial charge in [0.15, 0.2) is 0 Å². The molecular weight excluding hydrogens is 255 g/mol. The fraction of sp³-hybridized carbons (Fsp3) is 0.625. The Kier molecular flexibility index (Phi) is 3.94. The van der Waals surface area contributed by atoms with Crippen LogP contribution in [0.25, 0.3) is 0 Å². The summed E-state index contributed by atoms with van der Waals surface area (Å²) in [6.45, 7) is 7.68. The van der Waals surface area contributed by atoms with Crippen molar-refractivity contribution in [2.75, 3.05) is 44.3 Å². The van der Waals surface area contributed by atoms with E-state index in [1.54, 1.807) is 12.1 Å². The highest BCUT2D eigenvalue weighted by Gasteiger charge is 2.37. The molecule has 0 saturated carbocycles. The summed E-state index contributed by atoms with van der Waals surface area (Å²) in [4.78, 5) is 2.34. The highest BCUT2D eigenvalue weighted by Crippen LogP contribution is 2.35. The number of nitrogens with one attached hydrogen (secondary N) is 1. The zero-order valence-electron chi connectivity index (χ0n) is 12.1. The van der Waals surface area contributed by atoms with E-state index in [0.29, 0.717) is 0 Å². The highest BCUT2D eigenvalue weighted by atomic mass is 19.1. The van der Waals surface area contributed by atoms with Crippen LogP contribution in [0.2, 0.25) is 0 Å². The van der Waals surface area contributed by atoms with Crippen LogP contribution in [0, 0.1) is 11.2 Å². The molecule has 0 amide bonds. The lowest BCUT2D eigenvalue weighted by molar-refractivity contribution is 0.152. The van der Waals surface area contributed by atoms with Gasteiger partial charge < -0.3 is 15.0 Å². The van der Waals surface area contributed by atoms with Gasteiger partial charge in [-0.25, -0.2) is 4.39 Å². The SMILES string of the molecule is CCNCC1(CN2CCc3ccc(F)cc32)CCOC1. The van der Waals surface area contributed by atoms with Crippen LogP contribution < -0.4 is 10.2 Å². The van der Waals surface area contributed by atoms with Crippen LogP contribution in [-0.2, 0) is 11.2 Å². The number of ether oxygens (including phenoxy) is 1. The maximum Gasteiger partial charge on any atom is 0.125 e. The Balaban J connectivity index is 1.76. The molecule has 0 radical (unpaired) electrons. The molecule has 1 saturated heterocycles. The van der Waals surface area contributed by atoms with Gasteiger partial charge >= 0.3 is 0 Å². The molecule has 20 heavy (non-hydrogen) atoms. The van der Waals surface area contributed by atoms with Crippen molar-refractivity contribution in [2.24, 2.45) is 5.41 Å². The molecule has 1 aromatic carbocycles. The molecule has 0 spiro atoms. The summed E-state index contributed by atoms with van der Waals surface area (Å²) in [6.07, 6.45) is 2.11. The Morgan fingerprint density at radius 2 is 2.35 bits per heavy atom. The molecule has 1 fully saturated rings. The second kappa shape index (κ2) is 5.70. The van der Waals surface area contributed by atoms with Gasteiger partial charge in [-0.15, -0.1) is 0 Å². The molecule has 2 heterocycles. The molecule has 2 aliphatic rings. The maximum absolute atomic E-state index is 13.5. The van der Waals surface area contributed by atoms with Crippen LogP contribution in [-0.4, -0.2) is 39.4 Å². The third-order valence-corrected chi connectivity index (χ3v) is 4.50. The molecule has 1 atom stereocenters. The first-order valence-corrected chi connectivity index (χ1v) is 7.54. The molecule has 4 heteroatoms. The standard InChI is InChI=1S/C16H23FN2O/c1-2-18-10-16(6-8-20-12-16)11-19-7-5-13-3-4-14(17)9-15(13)19/h3-4,9,18H,2,5-8,10-12H2,1H3. The van der Waals surface area contributed by atoms with Gasteiger partial charge in [-0.2, -0.15) is 0 Å². The molecule has 110 valence electrons. The molecule has 0 aliphatic carbocycles. The normalized spacial score (nSPS) is 25.2. The van der Waals surface area contributed by atoms with Gasteiger partial charge in [0, 0.05) is 37.3 Å². The predicted molar refractivity (Wildman–Crippen MR) is 78.7 cm³/mol. The summed E-state index contributed by atoms with van der Waals surface area (Å²) >= 11 is 0. The van der Waals surface area contributed by atoms with Gasteiger partial charge in [0.05, 0.1) is 6.61 Å². The minimum atomic E-state index is -0.140. The minimum Gasteiger partial charge on any atom is -0.381 e. The lowest BCUT2D eigenvalue weighted by Gasteiger charge is -2.34. The van der Waals surface area contributed by atoms with Crippen molar-refractivity contribution in [3.63, 3.8) is 0 Å².